The van der Waals surface area contributed by atoms with Crippen molar-refractivity contribution in [1.29, 1.82) is 0 Å². The van der Waals surface area contributed by atoms with E-state index in [2.05, 4.69) is 16.0 Å². The highest BCUT2D eigenvalue weighted by molar-refractivity contribution is 5.96. The van der Waals surface area contributed by atoms with E-state index in [0.717, 1.165) is 37.8 Å². The molecule has 5 nitrogen and oxygen atoms in total. The van der Waals surface area contributed by atoms with Crippen molar-refractivity contribution in [1.82, 2.24) is 10.6 Å². The Kier molecular flexibility index (Phi) is 5.38. The third-order valence-electron chi connectivity index (χ3n) is 5.22. The maximum atomic E-state index is 12.9. The van der Waals surface area contributed by atoms with Crippen molar-refractivity contribution in [2.75, 3.05) is 5.32 Å². The molecule has 0 atom stereocenters. The monoisotopic (exact) mass is 329 g/mol. The van der Waals surface area contributed by atoms with Crippen molar-refractivity contribution >= 4 is 17.6 Å². The van der Waals surface area contributed by atoms with Crippen LogP contribution >= 0.6 is 0 Å². The van der Waals surface area contributed by atoms with E-state index < -0.39 is 5.54 Å². The minimum Gasteiger partial charge on any atom is -0.351 e. The van der Waals surface area contributed by atoms with Gasteiger partial charge in [0.25, 0.3) is 0 Å². The molecule has 0 aromatic heterocycles. The van der Waals surface area contributed by atoms with Crippen LogP contribution in [0, 0.1) is 0 Å². The average Bonchev–Trinajstić information content (AvgIpc) is 3.09. The molecule has 5 heteroatoms. The molecule has 24 heavy (non-hydrogen) atoms. The summed E-state index contributed by atoms with van der Waals surface area (Å²) in [5.74, 6) is -0.00249. The number of para-hydroxylation sites is 1. The summed E-state index contributed by atoms with van der Waals surface area (Å²) < 4.78 is 0. The van der Waals surface area contributed by atoms with Gasteiger partial charge < -0.3 is 16.0 Å². The van der Waals surface area contributed by atoms with Gasteiger partial charge in [-0.15, -0.1) is 0 Å². The van der Waals surface area contributed by atoms with Gasteiger partial charge in [0.2, 0.25) is 5.91 Å². The van der Waals surface area contributed by atoms with E-state index in [9.17, 15) is 9.59 Å². The molecule has 1 aromatic rings. The third kappa shape index (κ3) is 4.08. The molecule has 2 aliphatic carbocycles. The highest BCUT2D eigenvalue weighted by atomic mass is 16.2. The number of hydrogen-bond acceptors (Lipinski definition) is 2. The predicted octanol–water partition coefficient (Wildman–Crippen LogP) is 3.57. The first kappa shape index (κ1) is 16.8. The number of benzene rings is 1. The molecule has 3 N–H and O–H groups in total. The van der Waals surface area contributed by atoms with E-state index in [1.54, 1.807) is 0 Å². The summed E-state index contributed by atoms with van der Waals surface area (Å²) >= 11 is 0. The Hall–Kier alpha value is -2.04. The molecule has 2 aliphatic rings. The molecule has 0 aliphatic heterocycles. The summed E-state index contributed by atoms with van der Waals surface area (Å²) in [6.45, 7) is 0. The molecule has 1 aromatic carbocycles. The molecular weight excluding hydrogens is 302 g/mol. The van der Waals surface area contributed by atoms with E-state index >= 15 is 0 Å². The van der Waals surface area contributed by atoms with E-state index in [-0.39, 0.29) is 18.0 Å². The van der Waals surface area contributed by atoms with E-state index in [0.29, 0.717) is 12.8 Å². The fourth-order valence-electron chi connectivity index (χ4n) is 3.86. The van der Waals surface area contributed by atoms with Crippen LogP contribution in [-0.4, -0.2) is 23.5 Å². The molecule has 0 unspecified atom stereocenters. The second-order valence-electron chi connectivity index (χ2n) is 7.04. The van der Waals surface area contributed by atoms with Crippen LogP contribution in [0.25, 0.3) is 0 Å². The summed E-state index contributed by atoms with van der Waals surface area (Å²) in [6.07, 6.45) is 8.98. The zero-order valence-electron chi connectivity index (χ0n) is 14.1. The summed E-state index contributed by atoms with van der Waals surface area (Å²) in [7, 11) is 0. The number of anilines is 1. The zero-order chi connectivity index (χ0) is 16.8. The van der Waals surface area contributed by atoms with Crippen LogP contribution in [0.1, 0.15) is 57.8 Å². The van der Waals surface area contributed by atoms with E-state index in [4.69, 9.17) is 0 Å². The first-order chi connectivity index (χ1) is 11.7. The molecule has 3 amide bonds. The smallest absolute Gasteiger partial charge is 0.320 e. The Labute approximate surface area is 143 Å². The van der Waals surface area contributed by atoms with Gasteiger partial charge in [-0.05, 0) is 37.8 Å². The number of hydrogen-bond donors (Lipinski definition) is 3. The Morgan fingerprint density at radius 1 is 0.917 bits per heavy atom. The molecule has 2 saturated carbocycles. The molecule has 0 heterocycles. The second kappa shape index (κ2) is 7.69. The van der Waals surface area contributed by atoms with Gasteiger partial charge in [0.15, 0.2) is 0 Å². The lowest BCUT2D eigenvalue weighted by molar-refractivity contribution is -0.129. The van der Waals surface area contributed by atoms with Gasteiger partial charge in [-0.3, -0.25) is 4.79 Å². The summed E-state index contributed by atoms with van der Waals surface area (Å²) in [4.78, 5) is 25.3. The lowest BCUT2D eigenvalue weighted by atomic mass is 9.80. The molecular formula is C19H27N3O2. The van der Waals surface area contributed by atoms with Crippen molar-refractivity contribution in [3.63, 3.8) is 0 Å². The van der Waals surface area contributed by atoms with Gasteiger partial charge in [-0.2, -0.15) is 0 Å². The van der Waals surface area contributed by atoms with Crippen LogP contribution in [0.15, 0.2) is 30.3 Å². The van der Waals surface area contributed by atoms with Crippen LogP contribution < -0.4 is 16.0 Å². The Morgan fingerprint density at radius 3 is 2.25 bits per heavy atom. The van der Waals surface area contributed by atoms with Crippen molar-refractivity contribution in [3.8, 4) is 0 Å². The zero-order valence-corrected chi connectivity index (χ0v) is 14.1. The van der Waals surface area contributed by atoms with Gasteiger partial charge in [0.05, 0.1) is 0 Å². The van der Waals surface area contributed by atoms with Gasteiger partial charge in [0, 0.05) is 11.7 Å². The van der Waals surface area contributed by atoms with Crippen LogP contribution in [0.5, 0.6) is 0 Å². The van der Waals surface area contributed by atoms with Gasteiger partial charge in [-0.1, -0.05) is 50.3 Å². The number of carbonyl (C=O) groups is 2. The van der Waals surface area contributed by atoms with E-state index in [1.807, 2.05) is 30.3 Å². The van der Waals surface area contributed by atoms with E-state index in [1.165, 1.54) is 12.8 Å². The number of amides is 3. The number of rotatable bonds is 4. The molecule has 0 radical (unpaired) electrons. The Morgan fingerprint density at radius 2 is 1.58 bits per heavy atom. The quantitative estimate of drug-likeness (QED) is 0.790. The van der Waals surface area contributed by atoms with Crippen molar-refractivity contribution < 1.29 is 9.59 Å². The standard InChI is InChI=1S/C19H27N3O2/c23-17(20-15-11-5-6-12-15)19(13-7-2-8-14-19)22-18(24)21-16-9-3-1-4-10-16/h1,3-4,9-10,15H,2,5-8,11-14H2,(H,20,23)(H2,21,22,24). The van der Waals surface area contributed by atoms with Gasteiger partial charge >= 0.3 is 6.03 Å². The van der Waals surface area contributed by atoms with Crippen LogP contribution in [0.4, 0.5) is 10.5 Å². The van der Waals surface area contributed by atoms with Crippen LogP contribution in [-0.2, 0) is 4.79 Å². The molecule has 0 bridgehead atoms. The average molecular weight is 329 g/mol. The number of urea groups is 1. The van der Waals surface area contributed by atoms with Crippen molar-refractivity contribution in [3.05, 3.63) is 30.3 Å². The Bertz CT molecular complexity index is 561. The van der Waals surface area contributed by atoms with Gasteiger partial charge in [-0.25, -0.2) is 4.79 Å². The maximum Gasteiger partial charge on any atom is 0.320 e. The molecule has 2 fully saturated rings. The van der Waals surface area contributed by atoms with Crippen molar-refractivity contribution in [2.45, 2.75) is 69.4 Å². The fourth-order valence-corrected chi connectivity index (χ4v) is 3.86. The third-order valence-corrected chi connectivity index (χ3v) is 5.22. The minimum absolute atomic E-state index is 0.00249. The first-order valence-corrected chi connectivity index (χ1v) is 9.13. The summed E-state index contributed by atoms with van der Waals surface area (Å²) in [6, 6.07) is 9.30. The molecule has 0 spiro atoms. The maximum absolute atomic E-state index is 12.9. The normalized spacial score (nSPS) is 20.3. The topological polar surface area (TPSA) is 70.2 Å². The fraction of sp³-hybridized carbons (Fsp3) is 0.579. The predicted molar refractivity (Wildman–Crippen MR) is 94.8 cm³/mol. The van der Waals surface area contributed by atoms with Gasteiger partial charge in [0.1, 0.15) is 5.54 Å². The SMILES string of the molecule is O=C(Nc1ccccc1)NC1(C(=O)NC2CCCC2)CCCCC1. The highest BCUT2D eigenvalue weighted by Crippen LogP contribution is 2.29. The lowest BCUT2D eigenvalue weighted by Gasteiger charge is -2.37. The molecule has 3 rings (SSSR count). The van der Waals surface area contributed by atoms with Crippen LogP contribution in [0.2, 0.25) is 0 Å². The summed E-state index contributed by atoms with van der Waals surface area (Å²) in [5, 5.41) is 9.00. The summed E-state index contributed by atoms with van der Waals surface area (Å²) in [5.41, 5.74) is -0.0307. The molecule has 130 valence electrons. The first-order valence-electron chi connectivity index (χ1n) is 9.13. The van der Waals surface area contributed by atoms with Crippen molar-refractivity contribution in [2.24, 2.45) is 0 Å². The highest BCUT2D eigenvalue weighted by Gasteiger charge is 2.41. The second-order valence-corrected chi connectivity index (χ2v) is 7.04. The van der Waals surface area contributed by atoms with Crippen LogP contribution in [0.3, 0.4) is 0 Å². The number of carbonyl (C=O) groups excluding carboxylic acids is 2. The number of nitrogens with one attached hydrogen (secondary N) is 3. The molecule has 0 saturated heterocycles. The lowest BCUT2D eigenvalue weighted by Crippen LogP contribution is -2.61. The minimum atomic E-state index is -0.764. The Balaban J connectivity index is 1.65. The largest absolute Gasteiger partial charge is 0.351 e.